The summed E-state index contributed by atoms with van der Waals surface area (Å²) in [6, 6.07) is 14.2. The molecule has 0 atom stereocenters. The van der Waals surface area contributed by atoms with Crippen molar-refractivity contribution in [3.8, 4) is 11.5 Å². The molecule has 0 unspecified atom stereocenters. The number of aromatic hydroxyl groups is 1. The molecule has 4 rings (SSSR count). The van der Waals surface area contributed by atoms with Gasteiger partial charge in [0.25, 0.3) is 0 Å². The maximum absolute atomic E-state index is 12.8. The molecule has 0 heterocycles. The highest BCUT2D eigenvalue weighted by Gasteiger charge is 2.35. The van der Waals surface area contributed by atoms with E-state index in [0.717, 1.165) is 6.07 Å². The first kappa shape index (κ1) is 18.7. The molecule has 0 aliphatic heterocycles. The minimum atomic E-state index is -4.29. The molecule has 29 heavy (non-hydrogen) atoms. The average Bonchev–Trinajstić information content (AvgIpc) is 2.73. The number of anilines is 1. The number of carbonyl (C=O) groups is 2. The van der Waals surface area contributed by atoms with Gasteiger partial charge in [0.05, 0.1) is 21.7 Å². The van der Waals surface area contributed by atoms with Gasteiger partial charge in [-0.2, -0.15) is 8.42 Å². The SMILES string of the molecule is Nc1c(OOS(=O)(=O)c2ccccc2)cc(O)c2c1C(=O)c1ccccc1C2=O. The fraction of sp³-hybridized carbons (Fsp3) is 0. The zero-order valence-electron chi connectivity index (χ0n) is 14.7. The summed E-state index contributed by atoms with van der Waals surface area (Å²) in [6.45, 7) is 0. The molecular formula is C20H13NO7S. The quantitative estimate of drug-likeness (QED) is 0.226. The Kier molecular flexibility index (Phi) is 4.33. The number of phenols is 1. The molecule has 0 saturated heterocycles. The topological polar surface area (TPSA) is 133 Å². The standard InChI is InChI=1S/C20H13NO7S/c21-18-15(27-28-29(25,26)11-6-2-1-3-7-11)10-14(22)16-17(18)20(24)13-9-5-4-8-12(13)19(16)23/h1-10,22H,21H2. The molecule has 0 fully saturated rings. The highest BCUT2D eigenvalue weighted by atomic mass is 32.2. The molecule has 146 valence electrons. The molecule has 0 amide bonds. The molecule has 0 spiro atoms. The number of phenolic OH excluding ortho intramolecular Hbond substituents is 1. The van der Waals surface area contributed by atoms with Crippen molar-refractivity contribution in [1.29, 1.82) is 0 Å². The molecule has 0 saturated carbocycles. The lowest BCUT2D eigenvalue weighted by Crippen LogP contribution is -2.23. The lowest BCUT2D eigenvalue weighted by molar-refractivity contribution is -0.0919. The van der Waals surface area contributed by atoms with Crippen LogP contribution in [0.1, 0.15) is 31.8 Å². The van der Waals surface area contributed by atoms with Crippen LogP contribution in [0.4, 0.5) is 5.69 Å². The molecule has 8 nitrogen and oxygen atoms in total. The molecular weight excluding hydrogens is 398 g/mol. The summed E-state index contributed by atoms with van der Waals surface area (Å²) in [5, 5.41) is 10.3. The van der Waals surface area contributed by atoms with E-state index in [0.29, 0.717) is 0 Å². The number of benzene rings is 3. The average molecular weight is 411 g/mol. The van der Waals surface area contributed by atoms with E-state index in [2.05, 4.69) is 4.33 Å². The van der Waals surface area contributed by atoms with Crippen LogP contribution < -0.4 is 10.6 Å². The molecule has 3 aromatic carbocycles. The van der Waals surface area contributed by atoms with Crippen molar-refractivity contribution >= 4 is 27.4 Å². The van der Waals surface area contributed by atoms with E-state index in [4.69, 9.17) is 10.6 Å². The van der Waals surface area contributed by atoms with Gasteiger partial charge in [-0.05, 0) is 12.1 Å². The lowest BCUT2D eigenvalue weighted by Gasteiger charge is -2.21. The van der Waals surface area contributed by atoms with Crippen LogP contribution in [0.15, 0.2) is 65.6 Å². The van der Waals surface area contributed by atoms with Crippen LogP contribution in [0.25, 0.3) is 0 Å². The van der Waals surface area contributed by atoms with Gasteiger partial charge in [0, 0.05) is 17.2 Å². The molecule has 1 aliphatic rings. The first-order chi connectivity index (χ1) is 13.8. The zero-order valence-corrected chi connectivity index (χ0v) is 15.5. The van der Waals surface area contributed by atoms with Crippen molar-refractivity contribution in [3.05, 3.63) is 82.9 Å². The monoisotopic (exact) mass is 411 g/mol. The van der Waals surface area contributed by atoms with Gasteiger partial charge < -0.3 is 15.7 Å². The van der Waals surface area contributed by atoms with Gasteiger partial charge in [-0.1, -0.05) is 46.8 Å². The predicted octanol–water partition coefficient (Wildman–Crippen LogP) is 2.45. The summed E-state index contributed by atoms with van der Waals surface area (Å²) in [5.41, 5.74) is 5.35. The van der Waals surface area contributed by atoms with Gasteiger partial charge in [0.15, 0.2) is 17.3 Å². The largest absolute Gasteiger partial charge is 0.507 e. The molecule has 0 aromatic heterocycles. The number of fused-ring (bicyclic) bond motifs is 2. The van der Waals surface area contributed by atoms with Crippen molar-refractivity contribution in [2.24, 2.45) is 0 Å². The van der Waals surface area contributed by atoms with E-state index >= 15 is 0 Å². The van der Waals surface area contributed by atoms with Crippen LogP contribution >= 0.6 is 0 Å². The van der Waals surface area contributed by atoms with Crippen molar-refractivity contribution in [2.75, 3.05) is 5.73 Å². The van der Waals surface area contributed by atoms with Gasteiger partial charge in [0.1, 0.15) is 5.75 Å². The van der Waals surface area contributed by atoms with E-state index in [1.807, 2.05) is 0 Å². The van der Waals surface area contributed by atoms with Gasteiger partial charge >= 0.3 is 10.1 Å². The number of hydrogen-bond donors (Lipinski definition) is 2. The maximum atomic E-state index is 12.8. The number of rotatable bonds is 4. The number of hydrogen-bond acceptors (Lipinski definition) is 8. The van der Waals surface area contributed by atoms with Crippen LogP contribution in [0.5, 0.6) is 11.5 Å². The number of nitrogen functional groups attached to an aromatic ring is 1. The number of nitrogens with two attached hydrogens (primary N) is 1. The van der Waals surface area contributed by atoms with E-state index in [1.165, 1.54) is 36.4 Å². The van der Waals surface area contributed by atoms with Crippen LogP contribution in [-0.4, -0.2) is 25.1 Å². The molecule has 1 aliphatic carbocycles. The minimum Gasteiger partial charge on any atom is -0.507 e. The lowest BCUT2D eigenvalue weighted by atomic mass is 9.82. The van der Waals surface area contributed by atoms with Crippen molar-refractivity contribution < 1.29 is 32.3 Å². The Labute approximate surface area is 165 Å². The minimum absolute atomic E-state index is 0.117. The fourth-order valence-electron chi connectivity index (χ4n) is 3.05. The van der Waals surface area contributed by atoms with Crippen molar-refractivity contribution in [3.63, 3.8) is 0 Å². The molecule has 0 bridgehead atoms. The fourth-order valence-corrected chi connectivity index (χ4v) is 3.78. The van der Waals surface area contributed by atoms with E-state index in [1.54, 1.807) is 18.2 Å². The Hall–Kier alpha value is -3.69. The van der Waals surface area contributed by atoms with E-state index in [9.17, 15) is 23.1 Å². The smallest absolute Gasteiger partial charge is 0.332 e. The molecule has 3 aromatic rings. The summed E-state index contributed by atoms with van der Waals surface area (Å²) in [6.07, 6.45) is 0. The normalized spacial score (nSPS) is 13.0. The Morgan fingerprint density at radius 2 is 1.38 bits per heavy atom. The summed E-state index contributed by atoms with van der Waals surface area (Å²) in [7, 11) is -4.29. The second-order valence-electron chi connectivity index (χ2n) is 6.18. The highest BCUT2D eigenvalue weighted by Crippen LogP contribution is 2.41. The van der Waals surface area contributed by atoms with Gasteiger partial charge in [-0.25, -0.2) is 0 Å². The summed E-state index contributed by atoms with van der Waals surface area (Å²) >= 11 is 0. The van der Waals surface area contributed by atoms with Crippen molar-refractivity contribution in [2.45, 2.75) is 4.90 Å². The van der Waals surface area contributed by atoms with Crippen molar-refractivity contribution in [1.82, 2.24) is 0 Å². The zero-order chi connectivity index (χ0) is 20.8. The Morgan fingerprint density at radius 3 is 2.00 bits per heavy atom. The molecule has 9 heteroatoms. The summed E-state index contributed by atoms with van der Waals surface area (Å²) in [4.78, 5) is 30.2. The maximum Gasteiger partial charge on any atom is 0.332 e. The Bertz CT molecular complexity index is 1270. The summed E-state index contributed by atoms with van der Waals surface area (Å²) < 4.78 is 28.9. The van der Waals surface area contributed by atoms with Crippen LogP contribution in [-0.2, 0) is 14.5 Å². The van der Waals surface area contributed by atoms with Crippen LogP contribution in [0, 0.1) is 0 Å². The number of ketones is 2. The molecule has 0 radical (unpaired) electrons. The first-order valence-corrected chi connectivity index (χ1v) is 9.72. The van der Waals surface area contributed by atoms with Gasteiger partial charge in [0.2, 0.25) is 0 Å². The highest BCUT2D eigenvalue weighted by molar-refractivity contribution is 7.86. The summed E-state index contributed by atoms with van der Waals surface area (Å²) in [5.74, 6) is -2.18. The number of carbonyl (C=O) groups excluding carboxylic acids is 2. The Balaban J connectivity index is 1.74. The van der Waals surface area contributed by atoms with E-state index in [-0.39, 0.29) is 32.8 Å². The molecule has 3 N–H and O–H groups in total. The van der Waals surface area contributed by atoms with Gasteiger partial charge in [-0.15, -0.1) is 0 Å². The third-order valence-electron chi connectivity index (χ3n) is 4.42. The second kappa shape index (κ2) is 6.73. The van der Waals surface area contributed by atoms with Gasteiger partial charge in [-0.3, -0.25) is 9.59 Å². The second-order valence-corrected chi connectivity index (χ2v) is 7.70. The third-order valence-corrected chi connectivity index (χ3v) is 5.52. The predicted molar refractivity (Wildman–Crippen MR) is 101 cm³/mol. The van der Waals surface area contributed by atoms with Crippen LogP contribution in [0.2, 0.25) is 0 Å². The first-order valence-electron chi connectivity index (χ1n) is 8.31. The van der Waals surface area contributed by atoms with Crippen LogP contribution in [0.3, 0.4) is 0 Å². The van der Waals surface area contributed by atoms with E-state index < -0.39 is 33.2 Å². The Morgan fingerprint density at radius 1 is 0.828 bits per heavy atom. The third kappa shape index (κ3) is 3.02.